The van der Waals surface area contributed by atoms with Crippen molar-refractivity contribution in [2.45, 2.75) is 26.4 Å². The maximum Gasteiger partial charge on any atom is 0.270 e. The number of hydrogen-bond acceptors (Lipinski definition) is 3. The van der Waals surface area contributed by atoms with Crippen molar-refractivity contribution in [1.29, 1.82) is 0 Å². The fourth-order valence-electron chi connectivity index (χ4n) is 3.26. The molecule has 3 heterocycles. The normalized spacial score (nSPS) is 11.1. The second-order valence-electron chi connectivity index (χ2n) is 6.45. The van der Waals surface area contributed by atoms with Crippen LogP contribution in [0.1, 0.15) is 23.8 Å². The maximum absolute atomic E-state index is 12.4. The molecule has 0 aliphatic rings. The highest BCUT2D eigenvalue weighted by Gasteiger charge is 2.16. The number of aromatic nitrogens is 3. The van der Waals surface area contributed by atoms with Crippen molar-refractivity contribution in [3.63, 3.8) is 0 Å². The molecule has 0 aliphatic carbocycles. The Morgan fingerprint density at radius 2 is 1.96 bits per heavy atom. The average molecular weight is 379 g/mol. The van der Waals surface area contributed by atoms with Crippen LogP contribution in [0.15, 0.2) is 60.2 Å². The molecule has 0 fully saturated rings. The molecule has 0 unspecified atom stereocenters. The van der Waals surface area contributed by atoms with Gasteiger partial charge in [-0.3, -0.25) is 4.79 Å². The van der Waals surface area contributed by atoms with Gasteiger partial charge in [-0.25, -0.2) is 4.98 Å². The van der Waals surface area contributed by atoms with E-state index in [1.807, 2.05) is 40.5 Å². The smallest absolute Gasteiger partial charge is 0.270 e. The van der Waals surface area contributed by atoms with E-state index in [4.69, 9.17) is 0 Å². The van der Waals surface area contributed by atoms with E-state index in [-0.39, 0.29) is 5.91 Å². The molecule has 0 spiro atoms. The number of carbonyl (C=O) groups is 1. The van der Waals surface area contributed by atoms with Gasteiger partial charge in [0.25, 0.3) is 5.91 Å². The highest BCUT2D eigenvalue weighted by atomic mass is 32.1. The molecule has 0 bridgehead atoms. The van der Waals surface area contributed by atoms with E-state index >= 15 is 0 Å². The number of thiazole rings is 1. The molecule has 1 aromatic carbocycles. The van der Waals surface area contributed by atoms with Gasteiger partial charge in [-0.05, 0) is 30.7 Å². The number of amides is 1. The minimum Gasteiger partial charge on any atom is -0.353 e. The van der Waals surface area contributed by atoms with Crippen molar-refractivity contribution in [2.75, 3.05) is 6.54 Å². The van der Waals surface area contributed by atoms with E-state index in [1.54, 1.807) is 0 Å². The molecule has 0 atom stereocenters. The van der Waals surface area contributed by atoms with Crippen LogP contribution < -0.4 is 5.32 Å². The van der Waals surface area contributed by atoms with Gasteiger partial charge in [0.2, 0.25) is 0 Å². The van der Waals surface area contributed by atoms with Crippen LogP contribution in [0.25, 0.3) is 21.6 Å². The first-order valence-corrected chi connectivity index (χ1v) is 10.1. The second-order valence-corrected chi connectivity index (χ2v) is 7.31. The molecule has 27 heavy (non-hydrogen) atoms. The van der Waals surface area contributed by atoms with Crippen molar-refractivity contribution >= 4 is 28.1 Å². The number of hydrogen-bond donors (Lipinski definition) is 1. The molecule has 0 aliphatic heterocycles. The van der Waals surface area contributed by atoms with Crippen LogP contribution in [0, 0.1) is 0 Å². The van der Waals surface area contributed by atoms with Crippen LogP contribution in [-0.4, -0.2) is 26.6 Å². The molecule has 5 nitrogen and oxygen atoms in total. The van der Waals surface area contributed by atoms with E-state index in [2.05, 4.69) is 46.1 Å². The van der Waals surface area contributed by atoms with E-state index in [0.29, 0.717) is 12.2 Å². The third kappa shape index (κ3) is 3.66. The fraction of sp³-hybridized carbons (Fsp3) is 0.238. The van der Waals surface area contributed by atoms with Gasteiger partial charge in [-0.2, -0.15) is 0 Å². The molecule has 138 valence electrons. The third-order valence-corrected chi connectivity index (χ3v) is 5.40. The molecular formula is C21H22N4OS. The lowest BCUT2D eigenvalue weighted by Crippen LogP contribution is -2.27. The zero-order chi connectivity index (χ0) is 18.6. The van der Waals surface area contributed by atoms with E-state index in [9.17, 15) is 4.79 Å². The minimum absolute atomic E-state index is 0.122. The number of para-hydroxylation sites is 1. The molecule has 4 rings (SSSR count). The van der Waals surface area contributed by atoms with Gasteiger partial charge in [-0.1, -0.05) is 25.1 Å². The topological polar surface area (TPSA) is 51.9 Å². The molecule has 0 saturated carbocycles. The summed E-state index contributed by atoms with van der Waals surface area (Å²) in [4.78, 5) is 17.0. The van der Waals surface area contributed by atoms with Crippen LogP contribution in [0.2, 0.25) is 0 Å². The van der Waals surface area contributed by atoms with Crippen molar-refractivity contribution in [1.82, 2.24) is 19.4 Å². The Morgan fingerprint density at radius 1 is 1.15 bits per heavy atom. The standard InChI is InChI=1S/C21H22N4OS/c1-2-10-25-18-8-4-3-7-16(18)14-19(25)21-23-17(15-27-21)20(26)22-9-13-24-11-5-6-12-24/h3-8,11-12,14-15H,2,9-10,13H2,1H3,(H,22,26). The van der Waals surface area contributed by atoms with Crippen molar-refractivity contribution in [3.8, 4) is 10.7 Å². The van der Waals surface area contributed by atoms with Gasteiger partial charge in [0.15, 0.2) is 0 Å². The van der Waals surface area contributed by atoms with Gasteiger partial charge in [0.05, 0.1) is 5.69 Å². The Labute approximate surface area is 162 Å². The van der Waals surface area contributed by atoms with Crippen LogP contribution in [0.4, 0.5) is 0 Å². The predicted molar refractivity (Wildman–Crippen MR) is 110 cm³/mol. The SMILES string of the molecule is CCCn1c(-c2nc(C(=O)NCCn3cccc3)cs2)cc2ccccc21. The zero-order valence-electron chi connectivity index (χ0n) is 15.3. The number of aryl methyl sites for hydroxylation is 1. The second kappa shape index (κ2) is 7.80. The first kappa shape index (κ1) is 17.5. The summed E-state index contributed by atoms with van der Waals surface area (Å²) >= 11 is 1.52. The average Bonchev–Trinajstić information content (AvgIpc) is 3.42. The van der Waals surface area contributed by atoms with Crippen LogP contribution in [-0.2, 0) is 13.1 Å². The summed E-state index contributed by atoms with van der Waals surface area (Å²) in [5.74, 6) is -0.122. The summed E-state index contributed by atoms with van der Waals surface area (Å²) < 4.78 is 4.33. The minimum atomic E-state index is -0.122. The Balaban J connectivity index is 1.52. The first-order valence-electron chi connectivity index (χ1n) is 9.19. The molecule has 4 aromatic rings. The van der Waals surface area contributed by atoms with Crippen molar-refractivity contribution < 1.29 is 4.79 Å². The van der Waals surface area contributed by atoms with Crippen LogP contribution >= 0.6 is 11.3 Å². The molecule has 3 aromatic heterocycles. The Morgan fingerprint density at radius 3 is 2.78 bits per heavy atom. The van der Waals surface area contributed by atoms with Gasteiger partial charge in [0, 0.05) is 48.3 Å². The van der Waals surface area contributed by atoms with Gasteiger partial charge in [-0.15, -0.1) is 11.3 Å². The Bertz CT molecular complexity index is 1050. The fourth-order valence-corrected chi connectivity index (χ4v) is 4.08. The van der Waals surface area contributed by atoms with E-state index in [1.165, 1.54) is 22.2 Å². The van der Waals surface area contributed by atoms with Crippen molar-refractivity contribution in [3.05, 3.63) is 65.9 Å². The summed E-state index contributed by atoms with van der Waals surface area (Å²) in [6.07, 6.45) is 5.02. The zero-order valence-corrected chi connectivity index (χ0v) is 16.1. The Hall–Kier alpha value is -2.86. The highest BCUT2D eigenvalue weighted by molar-refractivity contribution is 7.13. The lowest BCUT2D eigenvalue weighted by Gasteiger charge is -2.07. The van der Waals surface area contributed by atoms with Crippen LogP contribution in [0.5, 0.6) is 0 Å². The van der Waals surface area contributed by atoms with Gasteiger partial charge >= 0.3 is 0 Å². The number of carbonyl (C=O) groups excluding carboxylic acids is 1. The maximum atomic E-state index is 12.4. The first-order chi connectivity index (χ1) is 13.3. The van der Waals surface area contributed by atoms with Gasteiger partial charge < -0.3 is 14.5 Å². The predicted octanol–water partition coefficient (Wildman–Crippen LogP) is 4.41. The molecule has 0 radical (unpaired) electrons. The third-order valence-electron chi connectivity index (χ3n) is 4.54. The quantitative estimate of drug-likeness (QED) is 0.518. The molecular weight excluding hydrogens is 356 g/mol. The highest BCUT2D eigenvalue weighted by Crippen LogP contribution is 2.30. The number of fused-ring (bicyclic) bond motifs is 1. The van der Waals surface area contributed by atoms with E-state index in [0.717, 1.165) is 30.2 Å². The summed E-state index contributed by atoms with van der Waals surface area (Å²) in [6, 6.07) is 14.5. The monoisotopic (exact) mass is 378 g/mol. The van der Waals surface area contributed by atoms with Crippen LogP contribution in [0.3, 0.4) is 0 Å². The lowest BCUT2D eigenvalue weighted by molar-refractivity contribution is 0.0948. The summed E-state index contributed by atoms with van der Waals surface area (Å²) in [7, 11) is 0. The van der Waals surface area contributed by atoms with E-state index < -0.39 is 0 Å². The summed E-state index contributed by atoms with van der Waals surface area (Å²) in [5.41, 5.74) is 2.77. The number of nitrogens with one attached hydrogen (secondary N) is 1. The number of nitrogens with zero attached hydrogens (tertiary/aromatic N) is 3. The van der Waals surface area contributed by atoms with Gasteiger partial charge in [0.1, 0.15) is 10.7 Å². The summed E-state index contributed by atoms with van der Waals surface area (Å²) in [6.45, 7) is 4.43. The molecule has 6 heteroatoms. The molecule has 0 saturated heterocycles. The number of benzene rings is 1. The Kier molecular flexibility index (Phi) is 5.07. The number of rotatable bonds is 7. The molecule has 1 N–H and O–H groups in total. The molecule has 1 amide bonds. The largest absolute Gasteiger partial charge is 0.353 e. The van der Waals surface area contributed by atoms with Crippen molar-refractivity contribution in [2.24, 2.45) is 0 Å². The summed E-state index contributed by atoms with van der Waals surface area (Å²) in [5, 5.41) is 6.87. The lowest BCUT2D eigenvalue weighted by atomic mass is 10.2.